The van der Waals surface area contributed by atoms with Gasteiger partial charge in [-0.25, -0.2) is 0 Å². The van der Waals surface area contributed by atoms with Crippen LogP contribution in [0.4, 0.5) is 0 Å². The highest BCUT2D eigenvalue weighted by Crippen LogP contribution is 2.19. The summed E-state index contributed by atoms with van der Waals surface area (Å²) in [6, 6.07) is 0. The van der Waals surface area contributed by atoms with Gasteiger partial charge in [0.15, 0.2) is 0 Å². The molecule has 0 rings (SSSR count). The average molecular weight is 286 g/mol. The third-order valence-corrected chi connectivity index (χ3v) is 3.43. The average Bonchev–Trinajstić information content (AvgIpc) is 2.43. The fourth-order valence-corrected chi connectivity index (χ4v) is 2.43. The number of nitrogens with zero attached hydrogens (tertiary/aromatic N) is 1. The third-order valence-electron chi connectivity index (χ3n) is 3.43. The van der Waals surface area contributed by atoms with Crippen LogP contribution in [0.15, 0.2) is 0 Å². The predicted molar refractivity (Wildman–Crippen MR) is 91.0 cm³/mol. The Hall–Kier alpha value is -0.530. The first-order chi connectivity index (χ1) is 9.52. The lowest BCUT2D eigenvalue weighted by Crippen LogP contribution is -2.35. The maximum Gasteiger partial charge on any atom is 0.225 e. The Morgan fingerprint density at radius 2 is 1.45 bits per heavy atom. The van der Waals surface area contributed by atoms with E-state index in [0.29, 0.717) is 11.8 Å². The van der Waals surface area contributed by atoms with Crippen LogP contribution in [0.3, 0.4) is 0 Å². The summed E-state index contributed by atoms with van der Waals surface area (Å²) in [5.74, 6) is 1.19. The predicted octanol–water partition coefficient (Wildman–Crippen LogP) is 5.51. The van der Waals surface area contributed by atoms with E-state index in [9.17, 15) is 4.79 Å². The molecule has 0 saturated carbocycles. The standard InChI is InChI=1S/C16H33NO.C2H6/c1-6-8-10-12-15(11-9-7-2)16(18)17(5)13-14(3)4;1-2/h14-15H,6-13H2,1-5H3;1-2H3. The van der Waals surface area contributed by atoms with Crippen LogP contribution in [0.5, 0.6) is 0 Å². The SMILES string of the molecule is CC.CCCCCC(CCCC)C(=O)N(C)CC(C)C. The molecule has 1 amide bonds. The van der Waals surface area contributed by atoms with Gasteiger partial charge in [0.05, 0.1) is 0 Å². The highest BCUT2D eigenvalue weighted by atomic mass is 16.2. The fourth-order valence-electron chi connectivity index (χ4n) is 2.43. The molecule has 0 aliphatic carbocycles. The summed E-state index contributed by atoms with van der Waals surface area (Å²) in [4.78, 5) is 14.3. The number of hydrogen-bond donors (Lipinski definition) is 0. The van der Waals surface area contributed by atoms with Gasteiger partial charge in [-0.2, -0.15) is 0 Å². The molecular formula is C18H39NO. The van der Waals surface area contributed by atoms with E-state index in [1.54, 1.807) is 0 Å². The Labute approximate surface area is 128 Å². The summed E-state index contributed by atoms with van der Waals surface area (Å²) in [7, 11) is 1.96. The molecule has 0 aliphatic rings. The number of amides is 1. The van der Waals surface area contributed by atoms with Crippen molar-refractivity contribution in [1.82, 2.24) is 4.90 Å². The van der Waals surface area contributed by atoms with Gasteiger partial charge < -0.3 is 4.90 Å². The van der Waals surface area contributed by atoms with Crippen molar-refractivity contribution in [3.05, 3.63) is 0 Å². The molecule has 0 radical (unpaired) electrons. The number of unbranched alkanes of at least 4 members (excludes halogenated alkanes) is 3. The summed E-state index contributed by atoms with van der Waals surface area (Å²) < 4.78 is 0. The topological polar surface area (TPSA) is 20.3 Å². The lowest BCUT2D eigenvalue weighted by molar-refractivity contribution is -0.135. The largest absolute Gasteiger partial charge is 0.345 e. The molecule has 2 heteroatoms. The van der Waals surface area contributed by atoms with Crippen molar-refractivity contribution in [2.75, 3.05) is 13.6 Å². The van der Waals surface area contributed by atoms with Crippen LogP contribution in [0.25, 0.3) is 0 Å². The number of carbonyl (C=O) groups is 1. The molecular weight excluding hydrogens is 246 g/mol. The Morgan fingerprint density at radius 1 is 0.950 bits per heavy atom. The number of carbonyl (C=O) groups excluding carboxylic acids is 1. The van der Waals surface area contributed by atoms with Crippen molar-refractivity contribution in [3.63, 3.8) is 0 Å². The second kappa shape index (κ2) is 14.9. The molecule has 20 heavy (non-hydrogen) atoms. The van der Waals surface area contributed by atoms with Gasteiger partial charge in [-0.05, 0) is 18.8 Å². The third kappa shape index (κ3) is 11.3. The van der Waals surface area contributed by atoms with Crippen LogP contribution in [-0.2, 0) is 4.79 Å². The molecule has 0 aliphatic heterocycles. The second-order valence-corrected chi connectivity index (χ2v) is 5.95. The molecule has 1 atom stereocenters. The molecule has 0 bridgehead atoms. The minimum atomic E-state index is 0.264. The van der Waals surface area contributed by atoms with Crippen molar-refractivity contribution < 1.29 is 4.79 Å². The van der Waals surface area contributed by atoms with Crippen molar-refractivity contribution in [2.24, 2.45) is 11.8 Å². The second-order valence-electron chi connectivity index (χ2n) is 5.95. The van der Waals surface area contributed by atoms with Gasteiger partial charge in [-0.1, -0.05) is 73.6 Å². The Kier molecular flexibility index (Phi) is 16.2. The molecule has 0 aromatic rings. The van der Waals surface area contributed by atoms with Gasteiger partial charge in [0.2, 0.25) is 5.91 Å². The van der Waals surface area contributed by atoms with Crippen molar-refractivity contribution in [3.8, 4) is 0 Å². The zero-order chi connectivity index (χ0) is 16.0. The van der Waals surface area contributed by atoms with Gasteiger partial charge in [0, 0.05) is 19.5 Å². The quantitative estimate of drug-likeness (QED) is 0.484. The van der Waals surface area contributed by atoms with Crippen LogP contribution in [-0.4, -0.2) is 24.4 Å². The van der Waals surface area contributed by atoms with Crippen LogP contribution < -0.4 is 0 Å². The van der Waals surface area contributed by atoms with Gasteiger partial charge in [0.25, 0.3) is 0 Å². The van der Waals surface area contributed by atoms with Crippen molar-refractivity contribution >= 4 is 5.91 Å². The van der Waals surface area contributed by atoms with E-state index in [4.69, 9.17) is 0 Å². The zero-order valence-electron chi connectivity index (χ0n) is 15.2. The lowest BCUT2D eigenvalue weighted by atomic mass is 9.94. The van der Waals surface area contributed by atoms with E-state index in [2.05, 4.69) is 27.7 Å². The lowest BCUT2D eigenvalue weighted by Gasteiger charge is -2.25. The first kappa shape index (κ1) is 21.8. The van der Waals surface area contributed by atoms with E-state index in [1.807, 2.05) is 25.8 Å². The molecule has 2 nitrogen and oxygen atoms in total. The number of rotatable bonds is 10. The van der Waals surface area contributed by atoms with E-state index < -0.39 is 0 Å². The summed E-state index contributed by atoms with van der Waals surface area (Å²) in [5.41, 5.74) is 0. The first-order valence-corrected chi connectivity index (χ1v) is 8.77. The van der Waals surface area contributed by atoms with Gasteiger partial charge in [0.1, 0.15) is 0 Å². The molecule has 122 valence electrons. The summed E-state index contributed by atoms with van der Waals surface area (Å²) in [6.07, 6.45) is 8.20. The maximum absolute atomic E-state index is 12.4. The molecule has 0 spiro atoms. The molecule has 1 unspecified atom stereocenters. The van der Waals surface area contributed by atoms with Crippen LogP contribution in [0.1, 0.15) is 86.5 Å². The summed E-state index contributed by atoms with van der Waals surface area (Å²) in [5, 5.41) is 0. The number of hydrogen-bond acceptors (Lipinski definition) is 1. The van der Waals surface area contributed by atoms with Crippen LogP contribution in [0.2, 0.25) is 0 Å². The molecule has 0 N–H and O–H groups in total. The fraction of sp³-hybridized carbons (Fsp3) is 0.944. The van der Waals surface area contributed by atoms with Crippen molar-refractivity contribution in [1.29, 1.82) is 0 Å². The monoisotopic (exact) mass is 285 g/mol. The Bertz CT molecular complexity index is 213. The minimum absolute atomic E-state index is 0.264. The minimum Gasteiger partial charge on any atom is -0.345 e. The molecule has 0 aromatic carbocycles. The molecule has 0 aromatic heterocycles. The van der Waals surface area contributed by atoms with Crippen LogP contribution in [0, 0.1) is 11.8 Å². The normalized spacial score (nSPS) is 11.8. The Morgan fingerprint density at radius 3 is 1.90 bits per heavy atom. The van der Waals surface area contributed by atoms with Gasteiger partial charge >= 0.3 is 0 Å². The van der Waals surface area contributed by atoms with E-state index in [0.717, 1.165) is 19.4 Å². The van der Waals surface area contributed by atoms with E-state index in [-0.39, 0.29) is 5.92 Å². The Balaban J connectivity index is 0. The van der Waals surface area contributed by atoms with E-state index >= 15 is 0 Å². The first-order valence-electron chi connectivity index (χ1n) is 8.77. The zero-order valence-corrected chi connectivity index (χ0v) is 15.2. The van der Waals surface area contributed by atoms with Gasteiger partial charge in [-0.15, -0.1) is 0 Å². The molecule has 0 saturated heterocycles. The maximum atomic E-state index is 12.4. The molecule has 0 fully saturated rings. The van der Waals surface area contributed by atoms with Crippen molar-refractivity contribution in [2.45, 2.75) is 86.5 Å². The smallest absolute Gasteiger partial charge is 0.225 e. The van der Waals surface area contributed by atoms with E-state index in [1.165, 1.54) is 32.1 Å². The summed E-state index contributed by atoms with van der Waals surface area (Å²) >= 11 is 0. The highest BCUT2D eigenvalue weighted by Gasteiger charge is 2.21. The molecule has 0 heterocycles. The summed E-state index contributed by atoms with van der Waals surface area (Å²) in [6.45, 7) is 13.6. The van der Waals surface area contributed by atoms with Gasteiger partial charge in [-0.3, -0.25) is 4.79 Å². The van der Waals surface area contributed by atoms with Crippen LogP contribution >= 0.6 is 0 Å². The highest BCUT2D eigenvalue weighted by molar-refractivity contribution is 5.78.